The topological polar surface area (TPSA) is 86.7 Å². The van der Waals surface area contributed by atoms with E-state index in [1.54, 1.807) is 32.0 Å². The molecular formula is C18H22O6S. The van der Waals surface area contributed by atoms with Crippen LogP contribution >= 0.6 is 0 Å². The van der Waals surface area contributed by atoms with E-state index >= 15 is 0 Å². The fraction of sp³-hybridized carbons (Fsp3) is 0.389. The fourth-order valence-corrected chi connectivity index (χ4v) is 3.59. The predicted molar refractivity (Wildman–Crippen MR) is 92.3 cm³/mol. The van der Waals surface area contributed by atoms with Crippen LogP contribution in [0.25, 0.3) is 0 Å². The zero-order valence-electron chi connectivity index (χ0n) is 14.6. The van der Waals surface area contributed by atoms with Crippen LogP contribution in [-0.2, 0) is 28.9 Å². The Morgan fingerprint density at radius 3 is 1.96 bits per heavy atom. The molecule has 0 aliphatic rings. The molecule has 0 spiro atoms. The minimum atomic E-state index is -3.95. The van der Waals surface area contributed by atoms with E-state index in [0.717, 1.165) is 0 Å². The SMILES string of the molecule is C=C=C(CC(C)(C(=O)OCC)C(=O)OCC)S(=O)(=O)c1ccccc1. The first-order chi connectivity index (χ1) is 11.7. The molecule has 0 bridgehead atoms. The van der Waals surface area contributed by atoms with Gasteiger partial charge in [-0.05, 0) is 32.9 Å². The van der Waals surface area contributed by atoms with Gasteiger partial charge in [-0.2, -0.15) is 0 Å². The van der Waals surface area contributed by atoms with E-state index in [0.29, 0.717) is 0 Å². The molecule has 0 N–H and O–H groups in total. The van der Waals surface area contributed by atoms with Gasteiger partial charge in [-0.1, -0.05) is 24.8 Å². The van der Waals surface area contributed by atoms with Crippen LogP contribution < -0.4 is 0 Å². The van der Waals surface area contributed by atoms with E-state index < -0.39 is 33.6 Å². The molecule has 0 aromatic heterocycles. The second kappa shape index (κ2) is 8.65. The lowest BCUT2D eigenvalue weighted by Gasteiger charge is -2.25. The van der Waals surface area contributed by atoms with Crippen LogP contribution in [0.15, 0.2) is 52.4 Å². The Balaban J connectivity index is 3.32. The quantitative estimate of drug-likeness (QED) is 0.399. The van der Waals surface area contributed by atoms with Gasteiger partial charge in [-0.3, -0.25) is 9.59 Å². The molecule has 0 aliphatic carbocycles. The molecule has 6 nitrogen and oxygen atoms in total. The summed E-state index contributed by atoms with van der Waals surface area (Å²) >= 11 is 0. The van der Waals surface area contributed by atoms with E-state index in [1.807, 2.05) is 0 Å². The van der Waals surface area contributed by atoms with Gasteiger partial charge in [-0.15, -0.1) is 5.73 Å². The average Bonchev–Trinajstić information content (AvgIpc) is 2.60. The van der Waals surface area contributed by atoms with Gasteiger partial charge in [0.05, 0.1) is 23.0 Å². The summed E-state index contributed by atoms with van der Waals surface area (Å²) < 4.78 is 35.4. The molecule has 25 heavy (non-hydrogen) atoms. The van der Waals surface area contributed by atoms with Crippen molar-refractivity contribution in [1.29, 1.82) is 0 Å². The molecule has 0 heterocycles. The van der Waals surface area contributed by atoms with Gasteiger partial charge in [0.25, 0.3) is 0 Å². The second-order valence-corrected chi connectivity index (χ2v) is 7.34. The van der Waals surface area contributed by atoms with E-state index in [1.165, 1.54) is 19.1 Å². The maximum Gasteiger partial charge on any atom is 0.323 e. The maximum absolute atomic E-state index is 12.8. The summed E-state index contributed by atoms with van der Waals surface area (Å²) in [5.74, 6) is -1.71. The van der Waals surface area contributed by atoms with E-state index in [4.69, 9.17) is 9.47 Å². The van der Waals surface area contributed by atoms with Crippen LogP contribution in [0.3, 0.4) is 0 Å². The van der Waals surface area contributed by atoms with Crippen molar-refractivity contribution in [1.82, 2.24) is 0 Å². The summed E-state index contributed by atoms with van der Waals surface area (Å²) in [6.45, 7) is 7.97. The predicted octanol–water partition coefficient (Wildman–Crippen LogP) is 2.65. The third-order valence-electron chi connectivity index (χ3n) is 3.54. The van der Waals surface area contributed by atoms with Crippen LogP contribution in [0.5, 0.6) is 0 Å². The first kappa shape index (κ1) is 20.7. The maximum atomic E-state index is 12.8. The van der Waals surface area contributed by atoms with Crippen LogP contribution in [0.2, 0.25) is 0 Å². The van der Waals surface area contributed by atoms with Crippen molar-refractivity contribution in [2.75, 3.05) is 13.2 Å². The highest BCUT2D eigenvalue weighted by molar-refractivity contribution is 7.95. The lowest BCUT2D eigenvalue weighted by atomic mass is 9.86. The molecule has 0 saturated heterocycles. The molecular weight excluding hydrogens is 344 g/mol. The Morgan fingerprint density at radius 2 is 1.56 bits per heavy atom. The Bertz CT molecular complexity index is 755. The van der Waals surface area contributed by atoms with Crippen molar-refractivity contribution < 1.29 is 27.5 Å². The zero-order chi connectivity index (χ0) is 19.1. The molecule has 0 amide bonds. The normalized spacial score (nSPS) is 11.3. The van der Waals surface area contributed by atoms with Crippen molar-refractivity contribution in [3.05, 3.63) is 47.5 Å². The lowest BCUT2D eigenvalue weighted by molar-refractivity contribution is -0.170. The first-order valence-corrected chi connectivity index (χ1v) is 9.25. The summed E-state index contributed by atoms with van der Waals surface area (Å²) in [5, 5.41) is 0. The molecule has 1 aromatic rings. The summed E-state index contributed by atoms with van der Waals surface area (Å²) in [7, 11) is -3.95. The number of carbonyl (C=O) groups excluding carboxylic acids is 2. The third-order valence-corrected chi connectivity index (χ3v) is 5.37. The first-order valence-electron chi connectivity index (χ1n) is 7.77. The second-order valence-electron chi connectivity index (χ2n) is 5.37. The Kier molecular flexibility index (Phi) is 7.15. The van der Waals surface area contributed by atoms with Gasteiger partial charge in [0.2, 0.25) is 9.84 Å². The minimum absolute atomic E-state index is 0.0243. The number of esters is 2. The molecule has 0 unspecified atom stereocenters. The van der Waals surface area contributed by atoms with Crippen molar-refractivity contribution in [2.45, 2.75) is 32.1 Å². The zero-order valence-corrected chi connectivity index (χ0v) is 15.4. The van der Waals surface area contributed by atoms with E-state index in [2.05, 4.69) is 12.3 Å². The van der Waals surface area contributed by atoms with Crippen LogP contribution in [-0.4, -0.2) is 33.6 Å². The minimum Gasteiger partial charge on any atom is -0.465 e. The summed E-state index contributed by atoms with van der Waals surface area (Å²) in [4.78, 5) is 24.4. The van der Waals surface area contributed by atoms with Gasteiger partial charge < -0.3 is 9.47 Å². The molecule has 136 valence electrons. The largest absolute Gasteiger partial charge is 0.465 e. The number of ether oxygens (including phenoxy) is 2. The highest BCUT2D eigenvalue weighted by Gasteiger charge is 2.46. The van der Waals surface area contributed by atoms with Crippen molar-refractivity contribution in [3.8, 4) is 0 Å². The highest BCUT2D eigenvalue weighted by atomic mass is 32.2. The van der Waals surface area contributed by atoms with Crippen molar-refractivity contribution in [3.63, 3.8) is 0 Å². The van der Waals surface area contributed by atoms with Gasteiger partial charge in [0.1, 0.15) is 0 Å². The number of rotatable bonds is 8. The monoisotopic (exact) mass is 366 g/mol. The highest BCUT2D eigenvalue weighted by Crippen LogP contribution is 2.33. The number of sulfone groups is 1. The smallest absolute Gasteiger partial charge is 0.323 e. The van der Waals surface area contributed by atoms with Crippen molar-refractivity contribution >= 4 is 21.8 Å². The number of benzene rings is 1. The molecule has 0 fully saturated rings. The van der Waals surface area contributed by atoms with E-state index in [-0.39, 0.29) is 23.0 Å². The molecule has 7 heteroatoms. The third kappa shape index (κ3) is 4.59. The fourth-order valence-electron chi connectivity index (χ4n) is 2.12. The van der Waals surface area contributed by atoms with Gasteiger partial charge >= 0.3 is 11.9 Å². The van der Waals surface area contributed by atoms with Crippen LogP contribution in [0, 0.1) is 5.41 Å². The van der Waals surface area contributed by atoms with Crippen molar-refractivity contribution in [2.24, 2.45) is 5.41 Å². The van der Waals surface area contributed by atoms with Gasteiger partial charge in [0, 0.05) is 6.42 Å². The van der Waals surface area contributed by atoms with Crippen LogP contribution in [0.4, 0.5) is 0 Å². The van der Waals surface area contributed by atoms with Gasteiger partial charge in [0.15, 0.2) is 5.41 Å². The number of hydrogen-bond acceptors (Lipinski definition) is 6. The number of allylic oxidation sites excluding steroid dienone is 1. The molecule has 0 aliphatic heterocycles. The summed E-state index contributed by atoms with van der Waals surface area (Å²) in [6.07, 6.45) is -0.453. The Hall–Kier alpha value is -2.37. The average molecular weight is 366 g/mol. The van der Waals surface area contributed by atoms with Crippen LogP contribution in [0.1, 0.15) is 27.2 Å². The number of hydrogen-bond donors (Lipinski definition) is 0. The Labute approximate surface area is 148 Å². The lowest BCUT2D eigenvalue weighted by Crippen LogP contribution is -2.40. The summed E-state index contributed by atoms with van der Waals surface area (Å²) in [5.41, 5.74) is 0.542. The molecule has 1 rings (SSSR count). The van der Waals surface area contributed by atoms with Gasteiger partial charge in [-0.25, -0.2) is 8.42 Å². The molecule has 1 aromatic carbocycles. The molecule has 0 saturated carbocycles. The number of carbonyl (C=O) groups is 2. The van der Waals surface area contributed by atoms with E-state index in [9.17, 15) is 18.0 Å². The molecule has 0 radical (unpaired) electrons. The standard InChI is InChI=1S/C18H22O6S/c1-5-14(25(21,22)15-11-9-8-10-12-15)13-18(4,16(19)23-6-2)17(20)24-7-3/h8-12H,1,6-7,13H2,2-4H3. The molecule has 0 atom stereocenters. The Morgan fingerprint density at radius 1 is 1.08 bits per heavy atom. The summed E-state index contributed by atoms with van der Waals surface area (Å²) in [6, 6.07) is 7.65.